The number of carbonyl (C=O) groups excluding carboxylic acids is 1. The molecule has 0 unspecified atom stereocenters. The summed E-state index contributed by atoms with van der Waals surface area (Å²) >= 11 is 0. The third kappa shape index (κ3) is 4.83. The molecule has 0 aromatic heterocycles. The average molecular weight is 468 g/mol. The van der Waals surface area contributed by atoms with Crippen LogP contribution in [-0.2, 0) is 11.2 Å². The van der Waals surface area contributed by atoms with E-state index in [2.05, 4.69) is 0 Å². The number of aromatic hydroxyl groups is 1. The molecular formula is C24H25F5N2O2. The molecule has 178 valence electrons. The molecule has 2 aromatic rings. The molecule has 2 aromatic carbocycles. The Morgan fingerprint density at radius 1 is 1.09 bits per heavy atom. The lowest BCUT2D eigenvalue weighted by atomic mass is 9.84. The molecule has 1 saturated heterocycles. The average Bonchev–Trinajstić information content (AvgIpc) is 2.74. The van der Waals surface area contributed by atoms with Crippen molar-refractivity contribution >= 4 is 12.0 Å². The van der Waals surface area contributed by atoms with Crippen LogP contribution in [0.15, 0.2) is 30.3 Å². The standard InChI is InChI=1S/C24H25F5N2O2/c1-14-8-16-9-18(33)2-3-19(16)23(31(14)13-24(27,28)29)22-20(25)10-17(11-21(22)26)30-6-4-15(12-32)5-7-30/h2-3,9-12,14-15,23,33H,4-8,13H2,1H3/t14-,23+/m1/s1. The van der Waals surface area contributed by atoms with E-state index in [4.69, 9.17) is 0 Å². The molecular weight excluding hydrogens is 443 g/mol. The second-order valence-electron chi connectivity index (χ2n) is 8.91. The van der Waals surface area contributed by atoms with Gasteiger partial charge < -0.3 is 14.8 Å². The molecule has 2 heterocycles. The van der Waals surface area contributed by atoms with Crippen molar-refractivity contribution < 1.29 is 31.9 Å². The minimum absolute atomic E-state index is 0.0565. The summed E-state index contributed by atoms with van der Waals surface area (Å²) in [7, 11) is 0. The molecule has 1 N–H and O–H groups in total. The first-order chi connectivity index (χ1) is 15.6. The van der Waals surface area contributed by atoms with Gasteiger partial charge in [0.1, 0.15) is 23.7 Å². The van der Waals surface area contributed by atoms with Gasteiger partial charge in [-0.2, -0.15) is 13.2 Å². The Bertz CT molecular complexity index is 1010. The Morgan fingerprint density at radius 3 is 2.30 bits per heavy atom. The predicted octanol–water partition coefficient (Wildman–Crippen LogP) is 4.98. The van der Waals surface area contributed by atoms with Gasteiger partial charge in [0.2, 0.25) is 0 Å². The van der Waals surface area contributed by atoms with Crippen LogP contribution in [-0.4, -0.2) is 48.1 Å². The lowest BCUT2D eigenvalue weighted by molar-refractivity contribution is -0.155. The number of rotatable bonds is 4. The first-order valence-electron chi connectivity index (χ1n) is 10.9. The Balaban J connectivity index is 1.77. The number of fused-ring (bicyclic) bond motifs is 1. The second-order valence-corrected chi connectivity index (χ2v) is 8.91. The lowest BCUT2D eigenvalue weighted by Crippen LogP contribution is -2.47. The van der Waals surface area contributed by atoms with Gasteiger partial charge in [0.05, 0.1) is 12.6 Å². The normalized spacial score (nSPS) is 22.3. The van der Waals surface area contributed by atoms with Crippen LogP contribution in [0.3, 0.4) is 0 Å². The predicted molar refractivity (Wildman–Crippen MR) is 113 cm³/mol. The molecule has 0 bridgehead atoms. The molecule has 1 fully saturated rings. The lowest BCUT2D eigenvalue weighted by Gasteiger charge is -2.42. The quantitative estimate of drug-likeness (QED) is 0.508. The summed E-state index contributed by atoms with van der Waals surface area (Å²) in [4.78, 5) is 13.8. The van der Waals surface area contributed by atoms with Crippen LogP contribution in [0.5, 0.6) is 5.75 Å². The van der Waals surface area contributed by atoms with E-state index >= 15 is 8.78 Å². The van der Waals surface area contributed by atoms with Crippen molar-refractivity contribution in [3.8, 4) is 5.75 Å². The molecule has 4 nitrogen and oxygen atoms in total. The van der Waals surface area contributed by atoms with Crippen molar-refractivity contribution in [1.29, 1.82) is 0 Å². The number of halogens is 5. The highest BCUT2D eigenvalue weighted by Gasteiger charge is 2.42. The molecule has 2 aliphatic heterocycles. The maximum Gasteiger partial charge on any atom is 0.401 e. The number of phenolic OH excluding ortho intramolecular Hbond substituents is 1. The second kappa shape index (κ2) is 8.93. The van der Waals surface area contributed by atoms with Crippen LogP contribution < -0.4 is 4.90 Å². The van der Waals surface area contributed by atoms with Crippen LogP contribution in [0.25, 0.3) is 0 Å². The van der Waals surface area contributed by atoms with E-state index in [0.717, 1.165) is 23.3 Å². The van der Waals surface area contributed by atoms with Crippen LogP contribution in [0.1, 0.15) is 42.5 Å². The first kappa shape index (κ1) is 23.5. The van der Waals surface area contributed by atoms with Gasteiger partial charge in [-0.25, -0.2) is 8.78 Å². The Kier molecular flexibility index (Phi) is 6.35. The molecule has 0 amide bonds. The first-order valence-corrected chi connectivity index (χ1v) is 10.9. The zero-order chi connectivity index (χ0) is 23.9. The highest BCUT2D eigenvalue weighted by molar-refractivity contribution is 5.56. The zero-order valence-corrected chi connectivity index (χ0v) is 18.1. The van der Waals surface area contributed by atoms with Crippen molar-refractivity contribution in [3.05, 3.63) is 58.7 Å². The molecule has 2 aliphatic rings. The van der Waals surface area contributed by atoms with Crippen LogP contribution >= 0.6 is 0 Å². The number of benzene rings is 2. The number of alkyl halides is 3. The SMILES string of the molecule is C[C@@H]1Cc2cc(O)ccc2[C@@H](c2c(F)cc(N3CCC(C=O)CC3)cc2F)N1CC(F)(F)F. The van der Waals surface area contributed by atoms with Gasteiger partial charge in [0.15, 0.2) is 0 Å². The molecule has 2 atom stereocenters. The van der Waals surface area contributed by atoms with E-state index < -0.39 is 42.0 Å². The van der Waals surface area contributed by atoms with Crippen molar-refractivity contribution in [2.45, 2.75) is 44.4 Å². The molecule has 33 heavy (non-hydrogen) atoms. The number of carbonyl (C=O) groups is 1. The summed E-state index contributed by atoms with van der Waals surface area (Å²) in [5.41, 5.74) is 0.761. The molecule has 0 spiro atoms. The summed E-state index contributed by atoms with van der Waals surface area (Å²) in [6.45, 7) is 1.18. The van der Waals surface area contributed by atoms with Crippen molar-refractivity contribution in [3.63, 3.8) is 0 Å². The number of hydrogen-bond donors (Lipinski definition) is 1. The number of nitrogens with zero attached hydrogens (tertiary/aromatic N) is 2. The monoisotopic (exact) mass is 468 g/mol. The fourth-order valence-corrected chi connectivity index (χ4v) is 4.99. The van der Waals surface area contributed by atoms with E-state index in [0.29, 0.717) is 42.7 Å². The van der Waals surface area contributed by atoms with Crippen LogP contribution in [0.4, 0.5) is 27.6 Å². The summed E-state index contributed by atoms with van der Waals surface area (Å²) in [5.74, 6) is -1.98. The highest BCUT2D eigenvalue weighted by atomic mass is 19.4. The number of phenols is 1. The number of hydrogen-bond acceptors (Lipinski definition) is 4. The topological polar surface area (TPSA) is 43.8 Å². The minimum atomic E-state index is -4.56. The largest absolute Gasteiger partial charge is 0.508 e. The van der Waals surface area contributed by atoms with Crippen LogP contribution in [0.2, 0.25) is 0 Å². The third-order valence-corrected chi connectivity index (χ3v) is 6.63. The summed E-state index contributed by atoms with van der Waals surface area (Å²) in [6, 6.07) is 4.55. The smallest absolute Gasteiger partial charge is 0.401 e. The fourth-order valence-electron chi connectivity index (χ4n) is 4.99. The number of anilines is 1. The molecule has 4 rings (SSSR count). The van der Waals surface area contributed by atoms with Crippen LogP contribution in [0, 0.1) is 17.6 Å². The van der Waals surface area contributed by atoms with Gasteiger partial charge in [0, 0.05) is 36.3 Å². The molecule has 0 aliphatic carbocycles. The van der Waals surface area contributed by atoms with E-state index in [1.807, 2.05) is 0 Å². The van der Waals surface area contributed by atoms with Gasteiger partial charge in [0.25, 0.3) is 0 Å². The Morgan fingerprint density at radius 2 is 1.73 bits per heavy atom. The number of piperidine rings is 1. The maximum absolute atomic E-state index is 15.4. The van der Waals surface area contributed by atoms with Gasteiger partial charge >= 0.3 is 6.18 Å². The molecule has 9 heteroatoms. The van der Waals surface area contributed by atoms with Crippen molar-refractivity contribution in [2.24, 2.45) is 5.92 Å². The molecule has 0 saturated carbocycles. The Hall–Kier alpha value is -2.68. The van der Waals surface area contributed by atoms with Crippen molar-refractivity contribution in [2.75, 3.05) is 24.5 Å². The summed E-state index contributed by atoms with van der Waals surface area (Å²) in [5, 5.41) is 9.84. The van der Waals surface area contributed by atoms with E-state index in [1.165, 1.54) is 18.2 Å². The van der Waals surface area contributed by atoms with E-state index in [9.17, 15) is 23.1 Å². The van der Waals surface area contributed by atoms with Gasteiger partial charge in [-0.05, 0) is 61.6 Å². The zero-order valence-electron chi connectivity index (χ0n) is 18.1. The third-order valence-electron chi connectivity index (χ3n) is 6.63. The van der Waals surface area contributed by atoms with Crippen molar-refractivity contribution in [1.82, 2.24) is 4.90 Å². The van der Waals surface area contributed by atoms with Gasteiger partial charge in [-0.3, -0.25) is 4.90 Å². The molecule has 0 radical (unpaired) electrons. The fraction of sp³-hybridized carbons (Fsp3) is 0.458. The number of aldehydes is 1. The minimum Gasteiger partial charge on any atom is -0.508 e. The Labute approximate surface area is 188 Å². The van der Waals surface area contributed by atoms with Gasteiger partial charge in [-0.15, -0.1) is 0 Å². The summed E-state index contributed by atoms with van der Waals surface area (Å²) in [6.07, 6.45) is -2.31. The van der Waals surface area contributed by atoms with E-state index in [1.54, 1.807) is 11.8 Å². The highest BCUT2D eigenvalue weighted by Crippen LogP contribution is 2.43. The maximum atomic E-state index is 15.4. The van der Waals surface area contributed by atoms with Gasteiger partial charge in [-0.1, -0.05) is 6.07 Å². The summed E-state index contributed by atoms with van der Waals surface area (Å²) < 4.78 is 71.1. The van der Waals surface area contributed by atoms with E-state index in [-0.39, 0.29) is 18.1 Å².